The van der Waals surface area contributed by atoms with Crippen LogP contribution in [0.3, 0.4) is 0 Å². The Morgan fingerprint density at radius 2 is 1.75 bits per heavy atom. The minimum Gasteiger partial charge on any atom is -0.481 e. The molecule has 2 rings (SSSR count). The number of amides is 2. The molecule has 6 nitrogen and oxygen atoms in total. The molecule has 0 atom stereocenters. The lowest BCUT2D eigenvalue weighted by Crippen LogP contribution is -2.14. The molecule has 0 spiro atoms. The number of pyridine rings is 1. The topological polar surface area (TPSA) is 94.3 Å². The van der Waals surface area contributed by atoms with Gasteiger partial charge in [0.05, 0.1) is 19.0 Å². The van der Waals surface area contributed by atoms with E-state index in [0.29, 0.717) is 22.7 Å². The lowest BCUT2D eigenvalue weighted by Gasteiger charge is -2.06. The van der Waals surface area contributed by atoms with Crippen LogP contribution in [0.1, 0.15) is 20.7 Å². The van der Waals surface area contributed by atoms with E-state index >= 15 is 0 Å². The monoisotopic (exact) mass is 271 g/mol. The smallest absolute Gasteiger partial charge is 0.255 e. The quantitative estimate of drug-likeness (QED) is 0.879. The van der Waals surface area contributed by atoms with Crippen LogP contribution < -0.4 is 15.8 Å². The van der Waals surface area contributed by atoms with Gasteiger partial charge in [-0.2, -0.15) is 0 Å². The first kappa shape index (κ1) is 13.5. The Bertz CT molecular complexity index is 621. The normalized spacial score (nSPS) is 9.85. The van der Waals surface area contributed by atoms with Crippen LogP contribution in [0, 0.1) is 0 Å². The molecule has 0 aliphatic rings. The number of aromatic nitrogens is 1. The van der Waals surface area contributed by atoms with Gasteiger partial charge >= 0.3 is 0 Å². The highest BCUT2D eigenvalue weighted by atomic mass is 16.5. The van der Waals surface area contributed by atoms with Gasteiger partial charge in [-0.25, -0.2) is 4.98 Å². The molecular formula is C14H13N3O3. The Morgan fingerprint density at radius 1 is 1.10 bits per heavy atom. The minimum absolute atomic E-state index is 0.298. The van der Waals surface area contributed by atoms with Crippen molar-refractivity contribution in [3.05, 3.63) is 53.7 Å². The largest absolute Gasteiger partial charge is 0.481 e. The van der Waals surface area contributed by atoms with E-state index in [1.165, 1.54) is 37.6 Å². The number of anilines is 1. The maximum Gasteiger partial charge on any atom is 0.255 e. The Kier molecular flexibility index (Phi) is 3.95. The minimum atomic E-state index is -0.531. The Labute approximate surface area is 115 Å². The number of rotatable bonds is 4. The SMILES string of the molecule is COc1ccc(NC(=O)c2ccc(C(N)=O)cc2)cn1. The van der Waals surface area contributed by atoms with Gasteiger partial charge in [-0.15, -0.1) is 0 Å². The number of ether oxygens (including phenoxy) is 1. The van der Waals surface area contributed by atoms with E-state index in [9.17, 15) is 9.59 Å². The number of benzene rings is 1. The van der Waals surface area contributed by atoms with Crippen molar-refractivity contribution >= 4 is 17.5 Å². The molecule has 3 N–H and O–H groups in total. The van der Waals surface area contributed by atoms with E-state index in [-0.39, 0.29) is 5.91 Å². The standard InChI is InChI=1S/C14H13N3O3/c1-20-12-7-6-11(8-16-12)17-14(19)10-4-2-9(3-5-10)13(15)18/h2-8H,1H3,(H2,15,18)(H,17,19). The van der Waals surface area contributed by atoms with E-state index in [1.807, 2.05) is 0 Å². The van der Waals surface area contributed by atoms with Crippen molar-refractivity contribution in [2.75, 3.05) is 12.4 Å². The second-order valence-corrected chi connectivity index (χ2v) is 3.98. The second-order valence-electron chi connectivity index (χ2n) is 3.98. The first-order valence-corrected chi connectivity index (χ1v) is 5.81. The molecule has 0 unspecified atom stereocenters. The van der Waals surface area contributed by atoms with E-state index in [4.69, 9.17) is 10.5 Å². The van der Waals surface area contributed by atoms with E-state index in [2.05, 4.69) is 10.3 Å². The third-order valence-electron chi connectivity index (χ3n) is 2.63. The fourth-order valence-corrected chi connectivity index (χ4v) is 1.56. The summed E-state index contributed by atoms with van der Waals surface area (Å²) in [5, 5.41) is 2.69. The Balaban J connectivity index is 2.08. The molecule has 0 saturated carbocycles. The Morgan fingerprint density at radius 3 is 2.25 bits per heavy atom. The van der Waals surface area contributed by atoms with Crippen molar-refractivity contribution in [3.8, 4) is 5.88 Å². The number of hydrogen-bond donors (Lipinski definition) is 2. The zero-order valence-electron chi connectivity index (χ0n) is 10.8. The number of hydrogen-bond acceptors (Lipinski definition) is 4. The van der Waals surface area contributed by atoms with Crippen LogP contribution in [0.15, 0.2) is 42.6 Å². The molecule has 0 aliphatic carbocycles. The van der Waals surface area contributed by atoms with E-state index < -0.39 is 5.91 Å². The summed E-state index contributed by atoms with van der Waals surface area (Å²) in [6.45, 7) is 0. The van der Waals surface area contributed by atoms with Gasteiger partial charge in [-0.1, -0.05) is 0 Å². The Hall–Kier alpha value is -2.89. The summed E-state index contributed by atoms with van der Waals surface area (Å²) in [6.07, 6.45) is 1.49. The number of nitrogens with two attached hydrogens (primary N) is 1. The lowest BCUT2D eigenvalue weighted by molar-refractivity contribution is 0.0995. The zero-order chi connectivity index (χ0) is 14.5. The molecule has 102 valence electrons. The predicted molar refractivity (Wildman–Crippen MR) is 73.7 cm³/mol. The highest BCUT2D eigenvalue weighted by Gasteiger charge is 2.07. The van der Waals surface area contributed by atoms with Crippen LogP contribution in [0.2, 0.25) is 0 Å². The summed E-state index contributed by atoms with van der Waals surface area (Å²) in [4.78, 5) is 26.9. The van der Waals surface area contributed by atoms with Crippen molar-refractivity contribution in [3.63, 3.8) is 0 Å². The van der Waals surface area contributed by atoms with Gasteiger partial charge in [-0.3, -0.25) is 9.59 Å². The molecule has 0 bridgehead atoms. The maximum atomic E-state index is 12.0. The number of nitrogens with zero attached hydrogens (tertiary/aromatic N) is 1. The number of nitrogens with one attached hydrogen (secondary N) is 1. The summed E-state index contributed by atoms with van der Waals surface area (Å²) in [5.41, 5.74) is 6.46. The van der Waals surface area contributed by atoms with Gasteiger partial charge in [0.25, 0.3) is 5.91 Å². The van der Waals surface area contributed by atoms with Crippen molar-refractivity contribution in [2.45, 2.75) is 0 Å². The first-order valence-electron chi connectivity index (χ1n) is 5.81. The number of carbonyl (C=O) groups excluding carboxylic acids is 2. The molecule has 0 aliphatic heterocycles. The maximum absolute atomic E-state index is 12.0. The van der Waals surface area contributed by atoms with Gasteiger partial charge in [0, 0.05) is 17.2 Å². The van der Waals surface area contributed by atoms with Crippen molar-refractivity contribution in [1.82, 2.24) is 4.98 Å². The van der Waals surface area contributed by atoms with Gasteiger partial charge in [0.1, 0.15) is 0 Å². The van der Waals surface area contributed by atoms with E-state index in [1.54, 1.807) is 12.1 Å². The van der Waals surface area contributed by atoms with Crippen LogP contribution in [0.5, 0.6) is 5.88 Å². The fraction of sp³-hybridized carbons (Fsp3) is 0.0714. The van der Waals surface area contributed by atoms with Crippen LogP contribution in [-0.4, -0.2) is 23.9 Å². The van der Waals surface area contributed by atoms with Crippen LogP contribution in [-0.2, 0) is 0 Å². The van der Waals surface area contributed by atoms with Gasteiger partial charge in [-0.05, 0) is 30.3 Å². The average molecular weight is 271 g/mol. The van der Waals surface area contributed by atoms with Crippen molar-refractivity contribution in [2.24, 2.45) is 5.73 Å². The van der Waals surface area contributed by atoms with Crippen molar-refractivity contribution < 1.29 is 14.3 Å². The number of carbonyl (C=O) groups is 2. The summed E-state index contributed by atoms with van der Waals surface area (Å²) < 4.78 is 4.93. The summed E-state index contributed by atoms with van der Waals surface area (Å²) in [7, 11) is 1.51. The number of methoxy groups -OCH3 is 1. The van der Waals surface area contributed by atoms with Crippen LogP contribution in [0.25, 0.3) is 0 Å². The average Bonchev–Trinajstić information content (AvgIpc) is 2.48. The number of primary amides is 1. The van der Waals surface area contributed by atoms with E-state index in [0.717, 1.165) is 0 Å². The van der Waals surface area contributed by atoms with Gasteiger partial charge in [0.15, 0.2) is 0 Å². The lowest BCUT2D eigenvalue weighted by atomic mass is 10.1. The molecule has 20 heavy (non-hydrogen) atoms. The molecular weight excluding hydrogens is 258 g/mol. The molecule has 0 radical (unpaired) electrons. The summed E-state index contributed by atoms with van der Waals surface area (Å²) >= 11 is 0. The van der Waals surface area contributed by atoms with Crippen LogP contribution in [0.4, 0.5) is 5.69 Å². The third-order valence-corrected chi connectivity index (χ3v) is 2.63. The van der Waals surface area contributed by atoms with Gasteiger partial charge in [0.2, 0.25) is 11.8 Å². The first-order chi connectivity index (χ1) is 9.60. The van der Waals surface area contributed by atoms with Crippen molar-refractivity contribution in [1.29, 1.82) is 0 Å². The van der Waals surface area contributed by atoms with Crippen LogP contribution >= 0.6 is 0 Å². The predicted octanol–water partition coefficient (Wildman–Crippen LogP) is 1.44. The molecule has 0 saturated heterocycles. The molecule has 1 heterocycles. The highest BCUT2D eigenvalue weighted by Crippen LogP contribution is 2.12. The molecule has 1 aromatic heterocycles. The second kappa shape index (κ2) is 5.83. The highest BCUT2D eigenvalue weighted by molar-refractivity contribution is 6.04. The summed E-state index contributed by atoms with van der Waals surface area (Å²) in [6, 6.07) is 9.40. The molecule has 0 fully saturated rings. The van der Waals surface area contributed by atoms with Gasteiger partial charge < -0.3 is 15.8 Å². The molecule has 2 aromatic rings. The zero-order valence-corrected chi connectivity index (χ0v) is 10.8. The molecule has 1 aromatic carbocycles. The molecule has 2 amide bonds. The molecule has 6 heteroatoms. The summed E-state index contributed by atoms with van der Waals surface area (Å²) in [5.74, 6) is -0.363. The third kappa shape index (κ3) is 3.11. The fourth-order valence-electron chi connectivity index (χ4n) is 1.56.